The fraction of sp³-hybridized carbons (Fsp3) is 0.786. The molecule has 1 aliphatic heterocycles. The fourth-order valence-electron chi connectivity index (χ4n) is 2.65. The highest BCUT2D eigenvalue weighted by molar-refractivity contribution is 5.02. The van der Waals surface area contributed by atoms with Crippen LogP contribution in [-0.2, 0) is 6.54 Å². The van der Waals surface area contributed by atoms with Crippen LogP contribution in [0.15, 0.2) is 10.6 Å². The third kappa shape index (κ3) is 4.93. The number of likely N-dealkylation sites (tertiary alicyclic amines) is 1. The first kappa shape index (κ1) is 14.5. The van der Waals surface area contributed by atoms with E-state index in [1.54, 1.807) is 0 Å². The molecule has 0 aromatic carbocycles. The lowest BCUT2D eigenvalue weighted by Gasteiger charge is -2.32. The molecule has 0 spiro atoms. The van der Waals surface area contributed by atoms with Gasteiger partial charge in [-0.05, 0) is 52.2 Å². The third-order valence-corrected chi connectivity index (χ3v) is 3.64. The van der Waals surface area contributed by atoms with E-state index in [9.17, 15) is 5.11 Å². The number of aliphatic hydroxyl groups excluding tert-OH is 1. The number of β-amino-alcohol motifs (C(OH)–C–C–N with tert-alkyl or cyclic N) is 1. The second-order valence-corrected chi connectivity index (χ2v) is 5.66. The predicted molar refractivity (Wildman–Crippen MR) is 73.8 cm³/mol. The van der Waals surface area contributed by atoms with Crippen molar-refractivity contribution in [3.63, 3.8) is 0 Å². The van der Waals surface area contributed by atoms with E-state index in [1.165, 1.54) is 12.8 Å². The Hall–Kier alpha value is -0.910. The normalized spacial score (nSPS) is 19.7. The SMILES string of the molecule is Cc1cc(CNCC2CCN(CC(C)O)CC2)on1. The summed E-state index contributed by atoms with van der Waals surface area (Å²) in [6.45, 7) is 8.57. The van der Waals surface area contributed by atoms with Crippen molar-refractivity contribution in [2.24, 2.45) is 5.92 Å². The molecule has 0 bridgehead atoms. The number of hydrogen-bond donors (Lipinski definition) is 2. The minimum atomic E-state index is -0.218. The molecule has 1 aromatic rings. The monoisotopic (exact) mass is 267 g/mol. The number of nitrogens with zero attached hydrogens (tertiary/aromatic N) is 2. The molecule has 2 N–H and O–H groups in total. The number of aliphatic hydroxyl groups is 1. The van der Waals surface area contributed by atoms with E-state index in [0.717, 1.165) is 50.1 Å². The Labute approximate surface area is 115 Å². The van der Waals surface area contributed by atoms with E-state index in [0.29, 0.717) is 0 Å². The zero-order valence-electron chi connectivity index (χ0n) is 11.9. The molecule has 108 valence electrons. The van der Waals surface area contributed by atoms with Gasteiger partial charge in [0.25, 0.3) is 0 Å². The average Bonchev–Trinajstić information content (AvgIpc) is 2.77. The second-order valence-electron chi connectivity index (χ2n) is 5.66. The summed E-state index contributed by atoms with van der Waals surface area (Å²) >= 11 is 0. The zero-order chi connectivity index (χ0) is 13.7. The lowest BCUT2D eigenvalue weighted by Crippen LogP contribution is -2.40. The van der Waals surface area contributed by atoms with Gasteiger partial charge in [0.1, 0.15) is 0 Å². The Balaban J connectivity index is 1.60. The standard InChI is InChI=1S/C14H25N3O2/c1-11-7-14(19-16-11)9-15-8-13-3-5-17(6-4-13)10-12(2)18/h7,12-13,15,18H,3-6,8-10H2,1-2H3. The largest absolute Gasteiger partial charge is 0.392 e. The van der Waals surface area contributed by atoms with E-state index >= 15 is 0 Å². The molecular weight excluding hydrogens is 242 g/mol. The highest BCUT2D eigenvalue weighted by atomic mass is 16.5. The van der Waals surface area contributed by atoms with E-state index in [1.807, 2.05) is 19.9 Å². The van der Waals surface area contributed by atoms with E-state index in [4.69, 9.17) is 4.52 Å². The number of hydrogen-bond acceptors (Lipinski definition) is 5. The molecule has 1 aliphatic rings. The molecule has 1 atom stereocenters. The maximum Gasteiger partial charge on any atom is 0.150 e. The van der Waals surface area contributed by atoms with Gasteiger partial charge in [0.15, 0.2) is 5.76 Å². The Kier molecular flexibility index (Phi) is 5.36. The Morgan fingerprint density at radius 2 is 2.26 bits per heavy atom. The lowest BCUT2D eigenvalue weighted by atomic mass is 9.96. The number of rotatable bonds is 6. The van der Waals surface area contributed by atoms with Gasteiger partial charge in [-0.25, -0.2) is 0 Å². The minimum absolute atomic E-state index is 0.218. The van der Waals surface area contributed by atoms with Gasteiger partial charge in [0.2, 0.25) is 0 Å². The van der Waals surface area contributed by atoms with Gasteiger partial charge in [-0.1, -0.05) is 5.16 Å². The van der Waals surface area contributed by atoms with Crippen LogP contribution in [0.1, 0.15) is 31.2 Å². The summed E-state index contributed by atoms with van der Waals surface area (Å²) in [5.41, 5.74) is 0.934. The minimum Gasteiger partial charge on any atom is -0.392 e. The van der Waals surface area contributed by atoms with Crippen LogP contribution in [0.2, 0.25) is 0 Å². The maximum absolute atomic E-state index is 9.37. The molecule has 1 unspecified atom stereocenters. The van der Waals surface area contributed by atoms with E-state index < -0.39 is 0 Å². The van der Waals surface area contributed by atoms with Crippen LogP contribution >= 0.6 is 0 Å². The summed E-state index contributed by atoms with van der Waals surface area (Å²) in [5.74, 6) is 1.64. The van der Waals surface area contributed by atoms with E-state index in [2.05, 4.69) is 15.4 Å². The number of aromatic nitrogens is 1. The molecule has 2 rings (SSSR count). The number of aryl methyl sites for hydroxylation is 1. The van der Waals surface area contributed by atoms with Crippen molar-refractivity contribution < 1.29 is 9.63 Å². The van der Waals surface area contributed by atoms with Crippen LogP contribution in [0.25, 0.3) is 0 Å². The van der Waals surface area contributed by atoms with Gasteiger partial charge in [0, 0.05) is 12.6 Å². The summed E-state index contributed by atoms with van der Waals surface area (Å²) in [4.78, 5) is 2.35. The van der Waals surface area contributed by atoms with Crippen LogP contribution in [-0.4, -0.2) is 47.4 Å². The van der Waals surface area contributed by atoms with Crippen LogP contribution in [0.3, 0.4) is 0 Å². The number of piperidine rings is 1. The highest BCUT2D eigenvalue weighted by Crippen LogP contribution is 2.16. The van der Waals surface area contributed by atoms with Crippen molar-refractivity contribution in [1.82, 2.24) is 15.4 Å². The summed E-state index contributed by atoms with van der Waals surface area (Å²) in [6, 6.07) is 1.97. The van der Waals surface area contributed by atoms with Gasteiger partial charge < -0.3 is 19.8 Å². The quantitative estimate of drug-likeness (QED) is 0.810. The van der Waals surface area contributed by atoms with Gasteiger partial charge in [-0.15, -0.1) is 0 Å². The van der Waals surface area contributed by atoms with Crippen molar-refractivity contribution in [1.29, 1.82) is 0 Å². The number of nitrogens with one attached hydrogen (secondary N) is 1. The molecule has 0 radical (unpaired) electrons. The van der Waals surface area contributed by atoms with Crippen molar-refractivity contribution in [2.45, 2.75) is 39.3 Å². The molecule has 1 saturated heterocycles. The van der Waals surface area contributed by atoms with Crippen molar-refractivity contribution in [2.75, 3.05) is 26.2 Å². The van der Waals surface area contributed by atoms with Gasteiger partial charge in [-0.3, -0.25) is 0 Å². The Bertz CT molecular complexity index is 371. The summed E-state index contributed by atoms with van der Waals surface area (Å²) in [5, 5.41) is 16.7. The highest BCUT2D eigenvalue weighted by Gasteiger charge is 2.19. The Morgan fingerprint density at radius 1 is 1.53 bits per heavy atom. The second kappa shape index (κ2) is 7.03. The molecule has 0 saturated carbocycles. The first-order chi connectivity index (χ1) is 9.13. The van der Waals surface area contributed by atoms with Crippen LogP contribution < -0.4 is 5.32 Å². The molecular formula is C14H25N3O2. The summed E-state index contributed by atoms with van der Waals surface area (Å²) in [6.07, 6.45) is 2.19. The smallest absolute Gasteiger partial charge is 0.150 e. The maximum atomic E-state index is 9.37. The van der Waals surface area contributed by atoms with Crippen LogP contribution in [0.5, 0.6) is 0 Å². The molecule has 0 aliphatic carbocycles. The van der Waals surface area contributed by atoms with Crippen molar-refractivity contribution in [3.05, 3.63) is 17.5 Å². The first-order valence-corrected chi connectivity index (χ1v) is 7.17. The van der Waals surface area contributed by atoms with Gasteiger partial charge in [-0.2, -0.15) is 0 Å². The van der Waals surface area contributed by atoms with Crippen LogP contribution in [0, 0.1) is 12.8 Å². The zero-order valence-corrected chi connectivity index (χ0v) is 11.9. The lowest BCUT2D eigenvalue weighted by molar-refractivity contribution is 0.0996. The van der Waals surface area contributed by atoms with Crippen molar-refractivity contribution >= 4 is 0 Å². The fourth-order valence-corrected chi connectivity index (χ4v) is 2.65. The van der Waals surface area contributed by atoms with Gasteiger partial charge in [0.05, 0.1) is 18.3 Å². The molecule has 0 amide bonds. The predicted octanol–water partition coefficient (Wildman–Crippen LogP) is 1.17. The average molecular weight is 267 g/mol. The van der Waals surface area contributed by atoms with Crippen molar-refractivity contribution in [3.8, 4) is 0 Å². The van der Waals surface area contributed by atoms with Gasteiger partial charge >= 0.3 is 0 Å². The summed E-state index contributed by atoms with van der Waals surface area (Å²) < 4.78 is 5.17. The summed E-state index contributed by atoms with van der Waals surface area (Å²) in [7, 11) is 0. The molecule has 5 heteroatoms. The van der Waals surface area contributed by atoms with E-state index in [-0.39, 0.29) is 6.10 Å². The molecule has 5 nitrogen and oxygen atoms in total. The third-order valence-electron chi connectivity index (χ3n) is 3.64. The molecule has 1 aromatic heterocycles. The molecule has 1 fully saturated rings. The topological polar surface area (TPSA) is 61.5 Å². The molecule has 2 heterocycles. The first-order valence-electron chi connectivity index (χ1n) is 7.17. The van der Waals surface area contributed by atoms with Crippen LogP contribution in [0.4, 0.5) is 0 Å². The Morgan fingerprint density at radius 3 is 2.84 bits per heavy atom. The molecule has 19 heavy (non-hydrogen) atoms.